The Kier molecular flexibility index (Phi) is 5.87. The van der Waals surface area contributed by atoms with E-state index in [0.29, 0.717) is 0 Å². The van der Waals surface area contributed by atoms with Gasteiger partial charge in [-0.2, -0.15) is 0 Å². The van der Waals surface area contributed by atoms with Gasteiger partial charge < -0.3 is 5.32 Å². The number of hydrogen-bond donors (Lipinski definition) is 1. The van der Waals surface area contributed by atoms with Gasteiger partial charge in [-0.3, -0.25) is 9.69 Å². The summed E-state index contributed by atoms with van der Waals surface area (Å²) in [6, 6.07) is 17.0. The largest absolute Gasteiger partial charge is 0.326 e. The Balaban J connectivity index is 1.58. The lowest BCUT2D eigenvalue weighted by atomic mass is 10.0. The summed E-state index contributed by atoms with van der Waals surface area (Å²) in [5.41, 5.74) is 5.04. The van der Waals surface area contributed by atoms with Crippen molar-refractivity contribution in [2.24, 2.45) is 5.92 Å². The Morgan fingerprint density at radius 1 is 1.04 bits per heavy atom. The number of nitrogens with zero attached hydrogens (tertiary/aromatic N) is 1. The number of amides is 1. The van der Waals surface area contributed by atoms with Crippen LogP contribution in [0.2, 0.25) is 0 Å². The molecule has 0 atom stereocenters. The zero-order chi connectivity index (χ0) is 17.6. The van der Waals surface area contributed by atoms with E-state index >= 15 is 0 Å². The van der Waals surface area contributed by atoms with Crippen LogP contribution < -0.4 is 5.32 Å². The first-order chi connectivity index (χ1) is 12.2. The number of carbonyl (C=O) groups excluding carboxylic acids is 1. The van der Waals surface area contributed by atoms with Crippen molar-refractivity contribution in [3.05, 3.63) is 65.2 Å². The Morgan fingerprint density at radius 3 is 2.48 bits per heavy atom. The zero-order valence-electron chi connectivity index (χ0n) is 15.3. The minimum absolute atomic E-state index is 0.107. The highest BCUT2D eigenvalue weighted by molar-refractivity contribution is 5.92. The number of hydrogen-bond acceptors (Lipinski definition) is 2. The van der Waals surface area contributed by atoms with E-state index < -0.39 is 0 Å². The van der Waals surface area contributed by atoms with Gasteiger partial charge in [0, 0.05) is 31.2 Å². The second kappa shape index (κ2) is 8.30. The van der Waals surface area contributed by atoms with Gasteiger partial charge in [0.25, 0.3) is 0 Å². The molecule has 1 N–H and O–H groups in total. The van der Waals surface area contributed by atoms with Crippen molar-refractivity contribution in [1.29, 1.82) is 0 Å². The molecule has 132 valence electrons. The van der Waals surface area contributed by atoms with Crippen molar-refractivity contribution in [1.82, 2.24) is 4.90 Å². The molecule has 0 radical (unpaired) electrons. The number of benzene rings is 2. The van der Waals surface area contributed by atoms with E-state index in [0.717, 1.165) is 44.6 Å². The smallest absolute Gasteiger partial charge is 0.227 e. The molecule has 1 amide bonds. The number of anilines is 1. The lowest BCUT2D eigenvalue weighted by Gasteiger charge is -2.14. The average molecular weight is 336 g/mol. The number of nitrogens with one attached hydrogen (secondary N) is 1. The maximum atomic E-state index is 12.3. The second-order valence-corrected chi connectivity index (χ2v) is 6.93. The first-order valence-electron chi connectivity index (χ1n) is 9.38. The summed E-state index contributed by atoms with van der Waals surface area (Å²) in [5.74, 6) is 0.250. The SMILES string of the molecule is CCC(CC)C(=O)Nc1ccc2c(c1)CN(CCc1ccccc1)C2. The van der Waals surface area contributed by atoms with Crippen molar-refractivity contribution in [3.8, 4) is 0 Å². The highest BCUT2D eigenvalue weighted by atomic mass is 16.1. The quantitative estimate of drug-likeness (QED) is 0.800. The molecule has 1 heterocycles. The Morgan fingerprint density at radius 2 is 1.76 bits per heavy atom. The minimum atomic E-state index is 0.107. The third-order valence-corrected chi connectivity index (χ3v) is 5.18. The average Bonchev–Trinajstić information content (AvgIpc) is 3.04. The molecule has 0 saturated carbocycles. The van der Waals surface area contributed by atoms with Crippen LogP contribution in [0.3, 0.4) is 0 Å². The molecule has 0 spiro atoms. The van der Waals surface area contributed by atoms with Gasteiger partial charge in [0.2, 0.25) is 5.91 Å². The molecule has 0 saturated heterocycles. The van der Waals surface area contributed by atoms with E-state index in [2.05, 4.69) is 66.5 Å². The Bertz CT molecular complexity index is 707. The predicted octanol–water partition coefficient (Wildman–Crippen LogP) is 4.62. The zero-order valence-corrected chi connectivity index (χ0v) is 15.3. The monoisotopic (exact) mass is 336 g/mol. The molecule has 2 aromatic rings. The van der Waals surface area contributed by atoms with Gasteiger partial charge in [0.15, 0.2) is 0 Å². The summed E-state index contributed by atoms with van der Waals surface area (Å²) in [6.07, 6.45) is 2.86. The number of fused-ring (bicyclic) bond motifs is 1. The Labute approximate surface area is 151 Å². The van der Waals surface area contributed by atoms with Gasteiger partial charge in [-0.15, -0.1) is 0 Å². The lowest BCUT2D eigenvalue weighted by molar-refractivity contribution is -0.120. The van der Waals surface area contributed by atoms with E-state index in [1.165, 1.54) is 16.7 Å². The summed E-state index contributed by atoms with van der Waals surface area (Å²) in [5, 5.41) is 3.09. The molecule has 0 bridgehead atoms. The second-order valence-electron chi connectivity index (χ2n) is 6.93. The maximum Gasteiger partial charge on any atom is 0.227 e. The van der Waals surface area contributed by atoms with E-state index in [1.54, 1.807) is 0 Å². The van der Waals surface area contributed by atoms with Gasteiger partial charge in [-0.05, 0) is 48.1 Å². The third-order valence-electron chi connectivity index (χ3n) is 5.18. The molecular formula is C22H28N2O. The van der Waals surface area contributed by atoms with Crippen LogP contribution in [0.4, 0.5) is 5.69 Å². The van der Waals surface area contributed by atoms with Crippen LogP contribution in [0, 0.1) is 5.92 Å². The summed E-state index contributed by atoms with van der Waals surface area (Å²) in [7, 11) is 0. The van der Waals surface area contributed by atoms with Crippen molar-refractivity contribution in [2.75, 3.05) is 11.9 Å². The fourth-order valence-corrected chi connectivity index (χ4v) is 3.54. The van der Waals surface area contributed by atoms with Crippen molar-refractivity contribution < 1.29 is 4.79 Å². The van der Waals surface area contributed by atoms with Gasteiger partial charge in [-0.1, -0.05) is 50.2 Å². The standard InChI is InChI=1S/C22H28N2O/c1-3-18(4-2)22(25)23-21-11-10-19-15-24(16-20(19)14-21)13-12-17-8-6-5-7-9-17/h5-11,14,18H,3-4,12-13,15-16H2,1-2H3,(H,23,25). The molecule has 1 aliphatic heterocycles. The van der Waals surface area contributed by atoms with Gasteiger partial charge in [-0.25, -0.2) is 0 Å². The molecular weight excluding hydrogens is 308 g/mol. The molecule has 0 unspecified atom stereocenters. The van der Waals surface area contributed by atoms with Crippen molar-refractivity contribution >= 4 is 11.6 Å². The molecule has 2 aromatic carbocycles. The lowest BCUT2D eigenvalue weighted by Crippen LogP contribution is -2.21. The molecule has 25 heavy (non-hydrogen) atoms. The summed E-state index contributed by atoms with van der Waals surface area (Å²) < 4.78 is 0. The molecule has 1 aliphatic rings. The first-order valence-corrected chi connectivity index (χ1v) is 9.38. The molecule has 0 aliphatic carbocycles. The van der Waals surface area contributed by atoms with E-state index in [9.17, 15) is 4.79 Å². The molecule has 0 aromatic heterocycles. The van der Waals surface area contributed by atoms with Gasteiger partial charge >= 0.3 is 0 Å². The van der Waals surface area contributed by atoms with Gasteiger partial charge in [0.1, 0.15) is 0 Å². The highest BCUT2D eigenvalue weighted by Gasteiger charge is 2.20. The summed E-state index contributed by atoms with van der Waals surface area (Å²) in [4.78, 5) is 14.8. The van der Waals surface area contributed by atoms with Crippen LogP contribution in [0.25, 0.3) is 0 Å². The molecule has 3 rings (SSSR count). The summed E-state index contributed by atoms with van der Waals surface area (Å²) in [6.45, 7) is 7.18. The van der Waals surface area contributed by atoms with E-state index in [-0.39, 0.29) is 11.8 Å². The fraction of sp³-hybridized carbons (Fsp3) is 0.409. The molecule has 3 nitrogen and oxygen atoms in total. The summed E-state index contributed by atoms with van der Waals surface area (Å²) >= 11 is 0. The predicted molar refractivity (Wildman–Crippen MR) is 103 cm³/mol. The number of rotatable bonds is 7. The van der Waals surface area contributed by atoms with Crippen LogP contribution in [-0.2, 0) is 24.3 Å². The van der Waals surface area contributed by atoms with Gasteiger partial charge in [0.05, 0.1) is 0 Å². The maximum absolute atomic E-state index is 12.3. The van der Waals surface area contributed by atoms with Crippen LogP contribution in [-0.4, -0.2) is 17.4 Å². The van der Waals surface area contributed by atoms with Crippen LogP contribution in [0.1, 0.15) is 43.4 Å². The first kappa shape index (κ1) is 17.7. The fourth-order valence-electron chi connectivity index (χ4n) is 3.54. The third kappa shape index (κ3) is 4.49. The van der Waals surface area contributed by atoms with Crippen molar-refractivity contribution in [3.63, 3.8) is 0 Å². The normalized spacial score (nSPS) is 13.9. The molecule has 0 fully saturated rings. The highest BCUT2D eigenvalue weighted by Crippen LogP contribution is 2.26. The van der Waals surface area contributed by atoms with E-state index in [1.807, 2.05) is 6.07 Å². The van der Waals surface area contributed by atoms with Crippen LogP contribution >= 0.6 is 0 Å². The topological polar surface area (TPSA) is 32.3 Å². The van der Waals surface area contributed by atoms with Crippen molar-refractivity contribution in [2.45, 2.75) is 46.2 Å². The van der Waals surface area contributed by atoms with E-state index in [4.69, 9.17) is 0 Å². The van der Waals surface area contributed by atoms with Crippen LogP contribution in [0.5, 0.6) is 0 Å². The number of carbonyl (C=O) groups is 1. The molecule has 3 heteroatoms. The Hall–Kier alpha value is -2.13. The van der Waals surface area contributed by atoms with Crippen LogP contribution in [0.15, 0.2) is 48.5 Å². The minimum Gasteiger partial charge on any atom is -0.326 e.